The molecule has 0 amide bonds. The third kappa shape index (κ3) is 6.01. The molecule has 0 aliphatic rings. The van der Waals surface area contributed by atoms with Gasteiger partial charge < -0.3 is 15.8 Å². The fraction of sp³-hybridized carbons (Fsp3) is 1.00. The highest BCUT2D eigenvalue weighted by Gasteiger charge is 1.98. The van der Waals surface area contributed by atoms with E-state index in [1.54, 1.807) is 7.11 Å². The van der Waals surface area contributed by atoms with Crippen molar-refractivity contribution in [3.63, 3.8) is 0 Å². The van der Waals surface area contributed by atoms with Crippen molar-refractivity contribution in [1.29, 1.82) is 0 Å². The van der Waals surface area contributed by atoms with Crippen molar-refractivity contribution in [3.05, 3.63) is 0 Å². The van der Waals surface area contributed by atoms with Crippen LogP contribution in [0.15, 0.2) is 0 Å². The van der Waals surface area contributed by atoms with Crippen molar-refractivity contribution in [2.75, 3.05) is 26.8 Å². The Morgan fingerprint density at radius 3 is 2.80 bits per heavy atom. The molecule has 0 aromatic heterocycles. The molecule has 3 N–H and O–H groups in total. The predicted octanol–water partition coefficient (Wildman–Crippen LogP) is -0.0403. The highest BCUT2D eigenvalue weighted by Crippen LogP contribution is 1.77. The van der Waals surface area contributed by atoms with Crippen LogP contribution >= 0.6 is 0 Å². The van der Waals surface area contributed by atoms with E-state index in [9.17, 15) is 0 Å². The molecule has 0 bridgehead atoms. The molecule has 0 fully saturated rings. The second-order valence-electron chi connectivity index (χ2n) is 2.42. The van der Waals surface area contributed by atoms with E-state index in [-0.39, 0.29) is 6.04 Å². The second-order valence-corrected chi connectivity index (χ2v) is 2.42. The minimum atomic E-state index is 0.136. The molecule has 0 saturated carbocycles. The van der Waals surface area contributed by atoms with Gasteiger partial charge in [0.2, 0.25) is 0 Å². The van der Waals surface area contributed by atoms with E-state index in [0.29, 0.717) is 6.61 Å². The lowest BCUT2D eigenvalue weighted by Crippen LogP contribution is -2.37. The Balaban J connectivity index is 2.97. The number of rotatable bonds is 6. The van der Waals surface area contributed by atoms with Crippen LogP contribution in [0.3, 0.4) is 0 Å². The van der Waals surface area contributed by atoms with Crippen LogP contribution in [-0.2, 0) is 4.74 Å². The number of hydrogen-bond donors (Lipinski definition) is 2. The molecule has 0 aromatic rings. The van der Waals surface area contributed by atoms with Crippen LogP contribution in [0, 0.1) is 0 Å². The van der Waals surface area contributed by atoms with Crippen molar-refractivity contribution < 1.29 is 4.74 Å². The van der Waals surface area contributed by atoms with Gasteiger partial charge in [0.05, 0.1) is 6.61 Å². The van der Waals surface area contributed by atoms with Gasteiger partial charge in [-0.1, -0.05) is 6.92 Å². The van der Waals surface area contributed by atoms with Crippen molar-refractivity contribution in [2.24, 2.45) is 5.73 Å². The maximum atomic E-state index is 5.64. The molecule has 3 heteroatoms. The summed E-state index contributed by atoms with van der Waals surface area (Å²) >= 11 is 0. The van der Waals surface area contributed by atoms with Crippen molar-refractivity contribution >= 4 is 0 Å². The monoisotopic (exact) mass is 146 g/mol. The topological polar surface area (TPSA) is 47.3 Å². The molecule has 0 radical (unpaired) electrons. The summed E-state index contributed by atoms with van der Waals surface area (Å²) in [6, 6.07) is 0.136. The van der Waals surface area contributed by atoms with Crippen LogP contribution in [0.2, 0.25) is 0 Å². The maximum Gasteiger partial charge on any atom is 0.0626 e. The summed E-state index contributed by atoms with van der Waals surface area (Å²) in [6.45, 7) is 4.66. The molecule has 0 heterocycles. The first-order chi connectivity index (χ1) is 4.81. The molecule has 10 heavy (non-hydrogen) atoms. The van der Waals surface area contributed by atoms with Gasteiger partial charge in [-0.25, -0.2) is 0 Å². The number of hydrogen-bond acceptors (Lipinski definition) is 3. The smallest absolute Gasteiger partial charge is 0.0626 e. The molecule has 0 aliphatic carbocycles. The lowest BCUT2D eigenvalue weighted by Gasteiger charge is -2.10. The zero-order chi connectivity index (χ0) is 7.82. The van der Waals surface area contributed by atoms with Gasteiger partial charge in [-0.15, -0.1) is 0 Å². The Bertz CT molecular complexity index is 68.6. The first kappa shape index (κ1) is 9.88. The Hall–Kier alpha value is -0.120. The van der Waals surface area contributed by atoms with Gasteiger partial charge in [0.25, 0.3) is 0 Å². The van der Waals surface area contributed by atoms with Gasteiger partial charge in [0.1, 0.15) is 0 Å². The summed E-state index contributed by atoms with van der Waals surface area (Å²) in [5.74, 6) is 0. The van der Waals surface area contributed by atoms with Gasteiger partial charge >= 0.3 is 0 Å². The molecule has 0 aromatic carbocycles. The predicted molar refractivity (Wildman–Crippen MR) is 43.0 cm³/mol. The van der Waals surface area contributed by atoms with Crippen LogP contribution in [0.25, 0.3) is 0 Å². The second kappa shape index (κ2) is 6.99. The zero-order valence-corrected chi connectivity index (χ0v) is 6.89. The standard InChI is InChI=1S/C7H18N2O/c1-3-4-9-5-7(8)6-10-2/h7,9H,3-6,8H2,1-2H3. The third-order valence-corrected chi connectivity index (χ3v) is 1.21. The first-order valence-electron chi connectivity index (χ1n) is 3.76. The van der Waals surface area contributed by atoms with Gasteiger partial charge in [0.15, 0.2) is 0 Å². The van der Waals surface area contributed by atoms with Crippen molar-refractivity contribution in [3.8, 4) is 0 Å². The average Bonchev–Trinajstić information content (AvgIpc) is 1.89. The lowest BCUT2D eigenvalue weighted by molar-refractivity contribution is 0.179. The number of nitrogens with two attached hydrogens (primary N) is 1. The summed E-state index contributed by atoms with van der Waals surface area (Å²) in [7, 11) is 1.67. The molecule has 0 rings (SSSR count). The third-order valence-electron chi connectivity index (χ3n) is 1.21. The van der Waals surface area contributed by atoms with Gasteiger partial charge in [-0.05, 0) is 13.0 Å². The fourth-order valence-electron chi connectivity index (χ4n) is 0.737. The van der Waals surface area contributed by atoms with Crippen LogP contribution in [-0.4, -0.2) is 32.8 Å². The summed E-state index contributed by atoms with van der Waals surface area (Å²) < 4.78 is 4.87. The van der Waals surface area contributed by atoms with Crippen LogP contribution in [0.1, 0.15) is 13.3 Å². The SMILES string of the molecule is CCCNCC(N)COC. The molecular weight excluding hydrogens is 128 g/mol. The van der Waals surface area contributed by atoms with Gasteiger partial charge in [-0.2, -0.15) is 0 Å². The van der Waals surface area contributed by atoms with Crippen LogP contribution in [0.4, 0.5) is 0 Å². The Kier molecular flexibility index (Phi) is 6.91. The molecule has 1 atom stereocenters. The average molecular weight is 146 g/mol. The summed E-state index contributed by atoms with van der Waals surface area (Å²) in [6.07, 6.45) is 1.15. The Labute approximate surface area is 62.9 Å². The quantitative estimate of drug-likeness (QED) is 0.517. The molecular formula is C7H18N2O. The molecule has 62 valence electrons. The van der Waals surface area contributed by atoms with E-state index < -0.39 is 0 Å². The zero-order valence-electron chi connectivity index (χ0n) is 6.89. The first-order valence-corrected chi connectivity index (χ1v) is 3.76. The highest BCUT2D eigenvalue weighted by atomic mass is 16.5. The number of methoxy groups -OCH3 is 1. The normalized spacial score (nSPS) is 13.5. The molecule has 1 unspecified atom stereocenters. The van der Waals surface area contributed by atoms with E-state index in [2.05, 4.69) is 12.2 Å². The summed E-state index contributed by atoms with van der Waals surface area (Å²) in [4.78, 5) is 0. The lowest BCUT2D eigenvalue weighted by atomic mass is 10.3. The van der Waals surface area contributed by atoms with Gasteiger partial charge in [-0.3, -0.25) is 0 Å². The van der Waals surface area contributed by atoms with E-state index in [1.165, 1.54) is 0 Å². The largest absolute Gasteiger partial charge is 0.383 e. The fourth-order valence-corrected chi connectivity index (χ4v) is 0.737. The molecule has 0 aliphatic heterocycles. The molecule has 3 nitrogen and oxygen atoms in total. The van der Waals surface area contributed by atoms with Gasteiger partial charge in [0, 0.05) is 19.7 Å². The van der Waals surface area contributed by atoms with Crippen molar-refractivity contribution in [1.82, 2.24) is 5.32 Å². The minimum absolute atomic E-state index is 0.136. The van der Waals surface area contributed by atoms with Crippen LogP contribution < -0.4 is 11.1 Å². The van der Waals surface area contributed by atoms with E-state index in [4.69, 9.17) is 10.5 Å². The van der Waals surface area contributed by atoms with E-state index >= 15 is 0 Å². The Morgan fingerprint density at radius 2 is 2.30 bits per heavy atom. The molecule has 0 spiro atoms. The number of nitrogens with one attached hydrogen (secondary N) is 1. The Morgan fingerprint density at radius 1 is 1.60 bits per heavy atom. The number of ether oxygens (including phenoxy) is 1. The van der Waals surface area contributed by atoms with E-state index in [0.717, 1.165) is 19.5 Å². The highest BCUT2D eigenvalue weighted by molar-refractivity contribution is 4.62. The van der Waals surface area contributed by atoms with Crippen molar-refractivity contribution in [2.45, 2.75) is 19.4 Å². The van der Waals surface area contributed by atoms with Crippen LogP contribution in [0.5, 0.6) is 0 Å². The summed E-state index contributed by atoms with van der Waals surface area (Å²) in [5, 5.41) is 3.21. The molecule has 0 saturated heterocycles. The maximum absolute atomic E-state index is 5.64. The summed E-state index contributed by atoms with van der Waals surface area (Å²) in [5.41, 5.74) is 5.64. The van der Waals surface area contributed by atoms with E-state index in [1.807, 2.05) is 0 Å². The minimum Gasteiger partial charge on any atom is -0.383 e.